The van der Waals surface area contributed by atoms with E-state index < -0.39 is 0 Å². The first kappa shape index (κ1) is 18.0. The Bertz CT molecular complexity index is 993. The van der Waals surface area contributed by atoms with Crippen molar-refractivity contribution >= 4 is 22.9 Å². The molecule has 3 heteroatoms. The molecule has 26 heavy (non-hydrogen) atoms. The molecule has 0 aliphatic heterocycles. The van der Waals surface area contributed by atoms with Crippen LogP contribution in [0.1, 0.15) is 37.5 Å². The molecule has 0 atom stereocenters. The summed E-state index contributed by atoms with van der Waals surface area (Å²) in [6.45, 7) is 10.0. The second-order valence-corrected chi connectivity index (χ2v) is 7.26. The molecule has 3 aromatic rings. The van der Waals surface area contributed by atoms with Crippen LogP contribution in [0.15, 0.2) is 48.2 Å². The van der Waals surface area contributed by atoms with E-state index in [0.29, 0.717) is 0 Å². The van der Waals surface area contributed by atoms with E-state index in [9.17, 15) is 4.79 Å². The molecule has 1 amide bonds. The maximum absolute atomic E-state index is 12.2. The van der Waals surface area contributed by atoms with Crippen molar-refractivity contribution in [1.29, 1.82) is 0 Å². The van der Waals surface area contributed by atoms with E-state index in [1.54, 1.807) is 0 Å². The molecule has 3 nitrogen and oxygen atoms in total. The summed E-state index contributed by atoms with van der Waals surface area (Å²) in [6, 6.07) is 13.1. The number of benzene rings is 2. The van der Waals surface area contributed by atoms with Crippen molar-refractivity contribution in [2.75, 3.05) is 0 Å². The van der Waals surface area contributed by atoms with E-state index in [1.165, 1.54) is 22.1 Å². The molecule has 0 saturated carbocycles. The molecule has 0 spiro atoms. The van der Waals surface area contributed by atoms with E-state index in [-0.39, 0.29) is 11.9 Å². The third-order valence-electron chi connectivity index (χ3n) is 4.63. The highest BCUT2D eigenvalue weighted by atomic mass is 16.1. The first-order valence-electron chi connectivity index (χ1n) is 9.03. The third-order valence-corrected chi connectivity index (χ3v) is 4.63. The van der Waals surface area contributed by atoms with Gasteiger partial charge in [0.05, 0.1) is 0 Å². The lowest BCUT2D eigenvalue weighted by atomic mass is 9.93. The molecule has 0 bridgehead atoms. The summed E-state index contributed by atoms with van der Waals surface area (Å²) in [5.41, 5.74) is 7.74. The minimum Gasteiger partial charge on any atom is -0.361 e. The summed E-state index contributed by atoms with van der Waals surface area (Å²) in [4.78, 5) is 15.4. The van der Waals surface area contributed by atoms with E-state index in [2.05, 4.69) is 60.5 Å². The predicted molar refractivity (Wildman–Crippen MR) is 110 cm³/mol. The molecule has 3 rings (SSSR count). The molecule has 1 heterocycles. The Morgan fingerprint density at radius 1 is 1.08 bits per heavy atom. The molecule has 0 fully saturated rings. The molecular formula is C23H26N2O. The first-order valence-corrected chi connectivity index (χ1v) is 9.03. The van der Waals surface area contributed by atoms with Crippen LogP contribution in [-0.2, 0) is 4.79 Å². The van der Waals surface area contributed by atoms with Crippen LogP contribution >= 0.6 is 0 Å². The number of hydrogen-bond donors (Lipinski definition) is 2. The molecule has 0 unspecified atom stereocenters. The number of carbonyl (C=O) groups is 1. The number of amides is 1. The van der Waals surface area contributed by atoms with Gasteiger partial charge in [-0.25, -0.2) is 0 Å². The van der Waals surface area contributed by atoms with E-state index in [1.807, 2.05) is 33.0 Å². The first-order chi connectivity index (χ1) is 12.3. The highest BCUT2D eigenvalue weighted by molar-refractivity contribution is 5.97. The summed E-state index contributed by atoms with van der Waals surface area (Å²) in [5, 5.41) is 4.15. The van der Waals surface area contributed by atoms with Gasteiger partial charge in [0.15, 0.2) is 0 Å². The van der Waals surface area contributed by atoms with Gasteiger partial charge in [-0.1, -0.05) is 24.3 Å². The van der Waals surface area contributed by atoms with Gasteiger partial charge in [-0.3, -0.25) is 4.79 Å². The SMILES string of the molecule is C/C(=C\c1cc(C)c(-c2ccc3cc[nH]c3c2)cc1C)C(=O)NC(C)C. The average molecular weight is 346 g/mol. The second kappa shape index (κ2) is 7.20. The number of fused-ring (bicyclic) bond motifs is 1. The zero-order valence-corrected chi connectivity index (χ0v) is 16.1. The molecular weight excluding hydrogens is 320 g/mol. The molecule has 2 N–H and O–H groups in total. The lowest BCUT2D eigenvalue weighted by molar-refractivity contribution is -0.117. The molecule has 134 valence electrons. The van der Waals surface area contributed by atoms with E-state index in [4.69, 9.17) is 0 Å². The number of nitrogens with one attached hydrogen (secondary N) is 2. The van der Waals surface area contributed by atoms with Gasteiger partial charge in [0, 0.05) is 23.3 Å². The van der Waals surface area contributed by atoms with Gasteiger partial charge in [0.2, 0.25) is 5.91 Å². The number of carbonyl (C=O) groups excluding carboxylic acids is 1. The normalized spacial score (nSPS) is 12.0. The second-order valence-electron chi connectivity index (χ2n) is 7.26. The monoisotopic (exact) mass is 346 g/mol. The number of aryl methyl sites for hydroxylation is 2. The maximum atomic E-state index is 12.2. The lowest BCUT2D eigenvalue weighted by Crippen LogP contribution is -2.30. The molecule has 1 aromatic heterocycles. The molecule has 0 aliphatic rings. The fourth-order valence-corrected chi connectivity index (χ4v) is 3.20. The Morgan fingerprint density at radius 2 is 1.85 bits per heavy atom. The van der Waals surface area contributed by atoms with Gasteiger partial charge in [-0.15, -0.1) is 0 Å². The van der Waals surface area contributed by atoms with E-state index >= 15 is 0 Å². The minimum atomic E-state index is -0.0154. The number of aromatic nitrogens is 1. The fourth-order valence-electron chi connectivity index (χ4n) is 3.20. The van der Waals surface area contributed by atoms with Gasteiger partial charge in [0.25, 0.3) is 0 Å². The van der Waals surface area contributed by atoms with Crippen molar-refractivity contribution in [1.82, 2.24) is 10.3 Å². The summed E-state index contributed by atoms with van der Waals surface area (Å²) in [6.07, 6.45) is 3.93. The molecule has 2 aromatic carbocycles. The van der Waals surface area contributed by atoms with Crippen molar-refractivity contribution in [3.63, 3.8) is 0 Å². The van der Waals surface area contributed by atoms with Crippen LogP contribution in [0.25, 0.3) is 28.1 Å². The Labute approximate surface area is 155 Å². The van der Waals surface area contributed by atoms with Crippen molar-refractivity contribution < 1.29 is 4.79 Å². The standard InChI is InChI=1S/C23H26N2O/c1-14(2)25-23(26)17(5)11-20-10-16(4)21(12-15(20)3)19-7-6-18-8-9-24-22(18)13-19/h6-14,24H,1-5H3,(H,25,26)/b17-11+. The van der Waals surface area contributed by atoms with Gasteiger partial charge in [0.1, 0.15) is 0 Å². The summed E-state index contributed by atoms with van der Waals surface area (Å²) in [7, 11) is 0. The Balaban J connectivity index is 1.96. The number of H-pyrrole nitrogens is 1. The molecule has 0 saturated heterocycles. The van der Waals surface area contributed by atoms with Crippen molar-refractivity contribution in [3.8, 4) is 11.1 Å². The Hall–Kier alpha value is -2.81. The minimum absolute atomic E-state index is 0.0154. The van der Waals surface area contributed by atoms with Gasteiger partial charge in [-0.2, -0.15) is 0 Å². The third kappa shape index (κ3) is 3.72. The Morgan fingerprint density at radius 3 is 2.58 bits per heavy atom. The van der Waals surface area contributed by atoms with Crippen LogP contribution in [-0.4, -0.2) is 16.9 Å². The summed E-state index contributed by atoms with van der Waals surface area (Å²) >= 11 is 0. The van der Waals surface area contributed by atoms with Crippen LogP contribution in [0.2, 0.25) is 0 Å². The van der Waals surface area contributed by atoms with Crippen molar-refractivity contribution in [2.45, 2.75) is 40.7 Å². The van der Waals surface area contributed by atoms with Crippen LogP contribution in [0.4, 0.5) is 0 Å². The summed E-state index contributed by atoms with van der Waals surface area (Å²) in [5.74, 6) is -0.0154. The fraction of sp³-hybridized carbons (Fsp3) is 0.261. The smallest absolute Gasteiger partial charge is 0.247 e. The van der Waals surface area contributed by atoms with E-state index in [0.717, 1.165) is 22.2 Å². The van der Waals surface area contributed by atoms with Crippen molar-refractivity contribution in [2.24, 2.45) is 0 Å². The van der Waals surface area contributed by atoms with Crippen LogP contribution in [0, 0.1) is 13.8 Å². The van der Waals surface area contributed by atoms with Crippen LogP contribution in [0.3, 0.4) is 0 Å². The lowest BCUT2D eigenvalue weighted by Gasteiger charge is -2.12. The quantitative estimate of drug-likeness (QED) is 0.612. The highest BCUT2D eigenvalue weighted by Crippen LogP contribution is 2.29. The van der Waals surface area contributed by atoms with Gasteiger partial charge in [-0.05, 0) is 86.0 Å². The maximum Gasteiger partial charge on any atom is 0.247 e. The van der Waals surface area contributed by atoms with Crippen LogP contribution < -0.4 is 5.32 Å². The summed E-state index contributed by atoms with van der Waals surface area (Å²) < 4.78 is 0. The van der Waals surface area contributed by atoms with Gasteiger partial charge < -0.3 is 10.3 Å². The highest BCUT2D eigenvalue weighted by Gasteiger charge is 2.10. The topological polar surface area (TPSA) is 44.9 Å². The number of rotatable bonds is 4. The molecule has 0 aliphatic carbocycles. The number of hydrogen-bond acceptors (Lipinski definition) is 1. The van der Waals surface area contributed by atoms with Crippen molar-refractivity contribution in [3.05, 3.63) is 64.9 Å². The average Bonchev–Trinajstić information content (AvgIpc) is 3.04. The Kier molecular flexibility index (Phi) is 4.99. The van der Waals surface area contributed by atoms with Crippen LogP contribution in [0.5, 0.6) is 0 Å². The zero-order chi connectivity index (χ0) is 18.8. The van der Waals surface area contributed by atoms with Gasteiger partial charge >= 0.3 is 0 Å². The number of aromatic amines is 1. The zero-order valence-electron chi connectivity index (χ0n) is 16.1. The molecule has 0 radical (unpaired) electrons. The largest absolute Gasteiger partial charge is 0.361 e. The predicted octanol–water partition coefficient (Wildman–Crippen LogP) is 5.38.